The predicted octanol–water partition coefficient (Wildman–Crippen LogP) is 3.97. The average Bonchev–Trinajstić information content (AvgIpc) is 2.70. The number of benzene rings is 1. The molecule has 1 N–H and O–H groups in total. The summed E-state index contributed by atoms with van der Waals surface area (Å²) in [7, 11) is 0. The highest BCUT2D eigenvalue weighted by molar-refractivity contribution is 6.42. The number of halogens is 2. The van der Waals surface area contributed by atoms with E-state index in [2.05, 4.69) is 10.2 Å². The summed E-state index contributed by atoms with van der Waals surface area (Å²) in [5.74, 6) is 0.305. The molecule has 154 valence electrons. The smallest absolute Gasteiger partial charge is 0.225 e. The Balaban J connectivity index is 1.53. The zero-order valence-corrected chi connectivity index (χ0v) is 18.1. The Labute approximate surface area is 177 Å². The second-order valence-electron chi connectivity index (χ2n) is 8.13. The zero-order valence-electron chi connectivity index (χ0n) is 16.6. The summed E-state index contributed by atoms with van der Waals surface area (Å²) >= 11 is 12.1. The van der Waals surface area contributed by atoms with Gasteiger partial charge in [0.2, 0.25) is 11.8 Å². The maximum absolute atomic E-state index is 13.0. The number of carbonyl (C=O) groups excluding carboxylic acids is 2. The van der Waals surface area contributed by atoms with E-state index in [1.807, 2.05) is 36.9 Å². The Morgan fingerprint density at radius 3 is 2.43 bits per heavy atom. The Bertz CT molecular complexity index is 718. The van der Waals surface area contributed by atoms with Crippen LogP contribution in [0.4, 0.5) is 5.69 Å². The van der Waals surface area contributed by atoms with E-state index in [1.54, 1.807) is 0 Å². The zero-order chi connectivity index (χ0) is 20.3. The number of carbonyl (C=O) groups is 2. The fourth-order valence-electron chi connectivity index (χ4n) is 4.04. The molecule has 2 atom stereocenters. The molecule has 1 saturated heterocycles. The van der Waals surface area contributed by atoms with Gasteiger partial charge in [0.1, 0.15) is 0 Å². The largest absolute Gasteiger partial charge is 0.368 e. The number of nitrogens with zero attached hydrogens (tertiary/aromatic N) is 2. The van der Waals surface area contributed by atoms with Crippen molar-refractivity contribution in [2.24, 2.45) is 11.8 Å². The second kappa shape index (κ2) is 9.36. The van der Waals surface area contributed by atoms with Gasteiger partial charge in [-0.25, -0.2) is 0 Å². The van der Waals surface area contributed by atoms with Crippen LogP contribution in [0.2, 0.25) is 10.0 Å². The van der Waals surface area contributed by atoms with Gasteiger partial charge in [-0.15, -0.1) is 0 Å². The van der Waals surface area contributed by atoms with Gasteiger partial charge in [-0.1, -0.05) is 43.5 Å². The monoisotopic (exact) mass is 425 g/mol. The standard InChI is InChI=1S/C21H29Cl2N3O2/c1-14(2)20(27)24-16-5-3-4-15(12-16)21(28)26-10-8-25(9-11-26)17-6-7-18(22)19(23)13-17/h6-7,13-16H,3-5,8-12H2,1-2H3,(H,24,27). The number of hydrogen-bond donors (Lipinski definition) is 1. The Kier molecular flexibility index (Phi) is 7.10. The van der Waals surface area contributed by atoms with Crippen molar-refractivity contribution in [3.63, 3.8) is 0 Å². The van der Waals surface area contributed by atoms with Crippen molar-refractivity contribution in [1.29, 1.82) is 0 Å². The van der Waals surface area contributed by atoms with E-state index < -0.39 is 0 Å². The first kappa shape index (κ1) is 21.3. The molecule has 2 fully saturated rings. The number of amides is 2. The minimum Gasteiger partial charge on any atom is -0.368 e. The lowest BCUT2D eigenvalue weighted by molar-refractivity contribution is -0.137. The van der Waals surface area contributed by atoms with Crippen LogP contribution in [0.25, 0.3) is 0 Å². The van der Waals surface area contributed by atoms with E-state index in [1.165, 1.54) is 0 Å². The maximum atomic E-state index is 13.0. The lowest BCUT2D eigenvalue weighted by atomic mass is 9.84. The maximum Gasteiger partial charge on any atom is 0.225 e. The van der Waals surface area contributed by atoms with Gasteiger partial charge < -0.3 is 15.1 Å². The molecule has 1 aliphatic heterocycles. The van der Waals surface area contributed by atoms with Crippen LogP contribution in [0.3, 0.4) is 0 Å². The van der Waals surface area contributed by atoms with Crippen LogP contribution in [0, 0.1) is 11.8 Å². The summed E-state index contributed by atoms with van der Waals surface area (Å²) in [5.41, 5.74) is 1.04. The quantitative estimate of drug-likeness (QED) is 0.793. The molecule has 0 aromatic heterocycles. The third-order valence-corrected chi connectivity index (χ3v) is 6.49. The summed E-state index contributed by atoms with van der Waals surface area (Å²) in [6, 6.07) is 5.78. The summed E-state index contributed by atoms with van der Waals surface area (Å²) < 4.78 is 0. The van der Waals surface area contributed by atoms with Crippen molar-refractivity contribution in [2.45, 2.75) is 45.6 Å². The first-order valence-corrected chi connectivity index (χ1v) is 10.9. The van der Waals surface area contributed by atoms with E-state index >= 15 is 0 Å². The highest BCUT2D eigenvalue weighted by Crippen LogP contribution is 2.29. The highest BCUT2D eigenvalue weighted by Gasteiger charge is 2.32. The summed E-state index contributed by atoms with van der Waals surface area (Å²) in [4.78, 5) is 29.2. The lowest BCUT2D eigenvalue weighted by Gasteiger charge is -2.39. The molecule has 1 aromatic rings. The second-order valence-corrected chi connectivity index (χ2v) is 8.95. The third-order valence-electron chi connectivity index (χ3n) is 5.75. The topological polar surface area (TPSA) is 52.7 Å². The van der Waals surface area contributed by atoms with E-state index in [9.17, 15) is 9.59 Å². The van der Waals surface area contributed by atoms with Gasteiger partial charge >= 0.3 is 0 Å². The van der Waals surface area contributed by atoms with Crippen molar-refractivity contribution >= 4 is 40.7 Å². The average molecular weight is 426 g/mol. The molecule has 2 unspecified atom stereocenters. The first-order chi connectivity index (χ1) is 13.3. The van der Waals surface area contributed by atoms with E-state index in [4.69, 9.17) is 23.2 Å². The van der Waals surface area contributed by atoms with Crippen LogP contribution in [0.1, 0.15) is 39.5 Å². The van der Waals surface area contributed by atoms with Crippen molar-refractivity contribution in [2.75, 3.05) is 31.1 Å². The molecular formula is C21H29Cl2N3O2. The van der Waals surface area contributed by atoms with Gasteiger partial charge in [-0.2, -0.15) is 0 Å². The van der Waals surface area contributed by atoms with Gasteiger partial charge in [0, 0.05) is 49.7 Å². The third kappa shape index (κ3) is 5.12. The molecule has 1 aromatic carbocycles. The molecule has 3 rings (SSSR count). The normalized spacial score (nSPS) is 23.0. The molecule has 7 heteroatoms. The predicted molar refractivity (Wildman–Crippen MR) is 114 cm³/mol. The molecule has 2 amide bonds. The Hall–Kier alpha value is -1.46. The molecule has 5 nitrogen and oxygen atoms in total. The van der Waals surface area contributed by atoms with Gasteiger partial charge in [-0.3, -0.25) is 9.59 Å². The fraction of sp³-hybridized carbons (Fsp3) is 0.619. The number of hydrogen-bond acceptors (Lipinski definition) is 3. The molecule has 0 spiro atoms. The van der Waals surface area contributed by atoms with Crippen LogP contribution in [-0.2, 0) is 9.59 Å². The van der Waals surface area contributed by atoms with Gasteiger partial charge in [0.15, 0.2) is 0 Å². The van der Waals surface area contributed by atoms with Crippen LogP contribution >= 0.6 is 23.2 Å². The van der Waals surface area contributed by atoms with E-state index in [-0.39, 0.29) is 29.7 Å². The highest BCUT2D eigenvalue weighted by atomic mass is 35.5. The SMILES string of the molecule is CC(C)C(=O)NC1CCCC(C(=O)N2CCN(c3ccc(Cl)c(Cl)c3)CC2)C1. The number of rotatable bonds is 4. The van der Waals surface area contributed by atoms with Crippen LogP contribution < -0.4 is 10.2 Å². The van der Waals surface area contributed by atoms with Crippen molar-refractivity contribution in [1.82, 2.24) is 10.2 Å². The van der Waals surface area contributed by atoms with Crippen LogP contribution in [0.15, 0.2) is 18.2 Å². The lowest BCUT2D eigenvalue weighted by Crippen LogP contribution is -2.52. The minimum atomic E-state index is -0.0227. The molecular weight excluding hydrogens is 397 g/mol. The van der Waals surface area contributed by atoms with Crippen molar-refractivity contribution < 1.29 is 9.59 Å². The summed E-state index contributed by atoms with van der Waals surface area (Å²) in [6.45, 7) is 6.77. The number of piperazine rings is 1. The minimum absolute atomic E-state index is 0.0164. The van der Waals surface area contributed by atoms with Crippen molar-refractivity contribution in [3.05, 3.63) is 28.2 Å². The van der Waals surface area contributed by atoms with Gasteiger partial charge in [0.25, 0.3) is 0 Å². The summed E-state index contributed by atoms with van der Waals surface area (Å²) in [5, 5.41) is 4.21. The Morgan fingerprint density at radius 2 is 1.79 bits per heavy atom. The van der Waals surface area contributed by atoms with Crippen molar-refractivity contribution in [3.8, 4) is 0 Å². The first-order valence-electron chi connectivity index (χ1n) is 10.1. The number of anilines is 1. The summed E-state index contributed by atoms with van der Waals surface area (Å²) in [6.07, 6.45) is 3.63. The van der Waals surface area contributed by atoms with Crippen LogP contribution in [-0.4, -0.2) is 48.9 Å². The molecule has 1 heterocycles. The molecule has 0 bridgehead atoms. The number of nitrogens with one attached hydrogen (secondary N) is 1. The molecule has 1 saturated carbocycles. The fourth-order valence-corrected chi connectivity index (χ4v) is 4.33. The molecule has 0 radical (unpaired) electrons. The molecule has 28 heavy (non-hydrogen) atoms. The molecule has 1 aliphatic carbocycles. The van der Waals surface area contributed by atoms with Gasteiger partial charge in [0.05, 0.1) is 10.0 Å². The van der Waals surface area contributed by atoms with E-state index in [0.29, 0.717) is 23.1 Å². The molecule has 2 aliphatic rings. The van der Waals surface area contributed by atoms with Gasteiger partial charge in [-0.05, 0) is 37.5 Å². The Morgan fingerprint density at radius 1 is 1.07 bits per heavy atom. The van der Waals surface area contributed by atoms with E-state index in [0.717, 1.165) is 44.5 Å². The van der Waals surface area contributed by atoms with Crippen LogP contribution in [0.5, 0.6) is 0 Å².